The number of nitrogens with one attached hydrogen (secondary N) is 1. The van der Waals surface area contributed by atoms with Crippen molar-refractivity contribution in [1.82, 2.24) is 5.43 Å². The molecule has 0 aromatic heterocycles. The first-order valence-corrected chi connectivity index (χ1v) is 8.53. The molecule has 3 rings (SSSR count). The Hall–Kier alpha value is -3.17. The Balaban J connectivity index is 1.86. The van der Waals surface area contributed by atoms with Crippen molar-refractivity contribution in [2.24, 2.45) is 5.10 Å². The van der Waals surface area contributed by atoms with Crippen LogP contribution in [-0.4, -0.2) is 11.6 Å². The summed E-state index contributed by atoms with van der Waals surface area (Å²) in [6, 6.07) is 26.5. The second-order valence-electron chi connectivity index (χ2n) is 5.53. The molecule has 0 aliphatic heterocycles. The lowest BCUT2D eigenvalue weighted by Gasteiger charge is -2.05. The van der Waals surface area contributed by atoms with Crippen molar-refractivity contribution in [1.29, 1.82) is 0 Å². The minimum absolute atomic E-state index is 0.350. The van der Waals surface area contributed by atoms with Crippen molar-refractivity contribution in [2.45, 2.75) is 0 Å². The molecule has 26 heavy (non-hydrogen) atoms. The number of halogens is 1. The predicted octanol–water partition coefficient (Wildman–Crippen LogP) is 5.19. The molecule has 0 atom stereocenters. The van der Waals surface area contributed by atoms with Crippen molar-refractivity contribution in [2.75, 3.05) is 0 Å². The number of hydrazone groups is 1. The number of rotatable bonds is 5. The molecule has 1 N–H and O–H groups in total. The van der Waals surface area contributed by atoms with E-state index in [2.05, 4.69) is 10.5 Å². The molecule has 0 unspecified atom stereocenters. The van der Waals surface area contributed by atoms with Gasteiger partial charge in [0.15, 0.2) is 0 Å². The van der Waals surface area contributed by atoms with E-state index in [0.717, 1.165) is 11.1 Å². The highest BCUT2D eigenvalue weighted by Gasteiger charge is 2.09. The van der Waals surface area contributed by atoms with Crippen LogP contribution < -0.4 is 5.43 Å². The van der Waals surface area contributed by atoms with Crippen LogP contribution in [0.2, 0.25) is 5.02 Å². The SMILES string of the molecule is O=C(N/N=C(/C=C\c1ccccc1)c1ccccc1)c1ccccc1Cl. The van der Waals surface area contributed by atoms with Crippen LogP contribution in [0.1, 0.15) is 21.5 Å². The zero-order chi connectivity index (χ0) is 18.2. The van der Waals surface area contributed by atoms with Crippen LogP contribution in [0.5, 0.6) is 0 Å². The second kappa shape index (κ2) is 8.79. The average molecular weight is 361 g/mol. The summed E-state index contributed by atoms with van der Waals surface area (Å²) in [6.45, 7) is 0. The summed E-state index contributed by atoms with van der Waals surface area (Å²) in [6.07, 6.45) is 3.82. The van der Waals surface area contributed by atoms with Gasteiger partial charge in [0.25, 0.3) is 5.91 Å². The van der Waals surface area contributed by atoms with Gasteiger partial charge in [-0.2, -0.15) is 5.10 Å². The smallest absolute Gasteiger partial charge is 0.267 e. The molecule has 1 amide bonds. The standard InChI is InChI=1S/C22H17ClN2O/c23-20-14-8-7-13-19(20)22(26)25-24-21(18-11-5-2-6-12-18)16-15-17-9-3-1-4-10-17/h1-16H,(H,25,26)/b16-15-,24-21-. The van der Waals surface area contributed by atoms with E-state index in [1.807, 2.05) is 72.8 Å². The van der Waals surface area contributed by atoms with Crippen LogP contribution in [0, 0.1) is 0 Å². The fraction of sp³-hybridized carbons (Fsp3) is 0. The monoisotopic (exact) mass is 360 g/mol. The lowest BCUT2D eigenvalue weighted by molar-refractivity contribution is 0.0955. The summed E-state index contributed by atoms with van der Waals surface area (Å²) in [4.78, 5) is 12.3. The third-order valence-electron chi connectivity index (χ3n) is 3.70. The molecule has 128 valence electrons. The van der Waals surface area contributed by atoms with Gasteiger partial charge >= 0.3 is 0 Å². The van der Waals surface area contributed by atoms with E-state index in [9.17, 15) is 4.79 Å². The average Bonchev–Trinajstić information content (AvgIpc) is 2.69. The van der Waals surface area contributed by atoms with Gasteiger partial charge in [0.2, 0.25) is 0 Å². The fourth-order valence-electron chi connectivity index (χ4n) is 2.36. The molecule has 0 spiro atoms. The summed E-state index contributed by atoms with van der Waals surface area (Å²) < 4.78 is 0. The van der Waals surface area contributed by atoms with E-state index >= 15 is 0 Å². The van der Waals surface area contributed by atoms with E-state index in [-0.39, 0.29) is 5.91 Å². The maximum absolute atomic E-state index is 12.3. The summed E-state index contributed by atoms with van der Waals surface area (Å²) in [5, 5.41) is 4.69. The van der Waals surface area contributed by atoms with Gasteiger partial charge < -0.3 is 0 Å². The number of hydrogen-bond acceptors (Lipinski definition) is 2. The largest absolute Gasteiger partial charge is 0.272 e. The van der Waals surface area contributed by atoms with Gasteiger partial charge in [-0.25, -0.2) is 5.43 Å². The van der Waals surface area contributed by atoms with Crippen molar-refractivity contribution >= 4 is 29.3 Å². The number of carbonyl (C=O) groups is 1. The molecule has 0 bridgehead atoms. The Bertz CT molecular complexity index is 935. The van der Waals surface area contributed by atoms with Crippen molar-refractivity contribution in [3.05, 3.63) is 113 Å². The number of carbonyl (C=O) groups excluding carboxylic acids is 1. The molecule has 0 saturated heterocycles. The van der Waals surface area contributed by atoms with Gasteiger partial charge in [0.1, 0.15) is 0 Å². The van der Waals surface area contributed by atoms with Crippen LogP contribution in [0.3, 0.4) is 0 Å². The van der Waals surface area contributed by atoms with Crippen molar-refractivity contribution < 1.29 is 4.79 Å². The van der Waals surface area contributed by atoms with Gasteiger partial charge in [0.05, 0.1) is 16.3 Å². The molecule has 0 fully saturated rings. The zero-order valence-corrected chi connectivity index (χ0v) is 14.7. The van der Waals surface area contributed by atoms with E-state index in [1.165, 1.54) is 0 Å². The van der Waals surface area contributed by atoms with Gasteiger partial charge in [0, 0.05) is 5.56 Å². The summed E-state index contributed by atoms with van der Waals surface area (Å²) in [7, 11) is 0. The summed E-state index contributed by atoms with van der Waals surface area (Å²) in [5.74, 6) is -0.350. The molecular weight excluding hydrogens is 344 g/mol. The highest BCUT2D eigenvalue weighted by atomic mass is 35.5. The first-order chi connectivity index (χ1) is 12.7. The molecule has 0 radical (unpaired) electrons. The van der Waals surface area contributed by atoms with Crippen LogP contribution in [0.25, 0.3) is 6.08 Å². The second-order valence-corrected chi connectivity index (χ2v) is 5.94. The molecule has 0 aliphatic carbocycles. The van der Waals surface area contributed by atoms with Gasteiger partial charge in [-0.3, -0.25) is 4.79 Å². The van der Waals surface area contributed by atoms with Gasteiger partial charge in [-0.05, 0) is 23.8 Å². The Kier molecular flexibility index (Phi) is 5.96. The molecule has 0 saturated carbocycles. The fourth-order valence-corrected chi connectivity index (χ4v) is 2.58. The minimum Gasteiger partial charge on any atom is -0.267 e. The lowest BCUT2D eigenvalue weighted by atomic mass is 10.1. The Labute approximate surface area is 157 Å². The third kappa shape index (κ3) is 4.68. The number of hydrogen-bond donors (Lipinski definition) is 1. The maximum Gasteiger partial charge on any atom is 0.272 e. The van der Waals surface area contributed by atoms with Crippen LogP contribution >= 0.6 is 11.6 Å². The van der Waals surface area contributed by atoms with Crippen LogP contribution in [-0.2, 0) is 0 Å². The molecular formula is C22H17ClN2O. The molecule has 3 nitrogen and oxygen atoms in total. The van der Waals surface area contributed by atoms with Crippen molar-refractivity contribution in [3.8, 4) is 0 Å². The molecule has 3 aromatic rings. The highest BCUT2D eigenvalue weighted by Crippen LogP contribution is 2.14. The quantitative estimate of drug-likeness (QED) is 0.494. The van der Waals surface area contributed by atoms with Crippen LogP contribution in [0.4, 0.5) is 0 Å². The van der Waals surface area contributed by atoms with E-state index in [0.29, 0.717) is 16.3 Å². The molecule has 0 heterocycles. The Morgan fingerprint density at radius 1 is 0.846 bits per heavy atom. The van der Waals surface area contributed by atoms with E-state index in [1.54, 1.807) is 24.3 Å². The maximum atomic E-state index is 12.3. The van der Waals surface area contributed by atoms with Gasteiger partial charge in [-0.15, -0.1) is 0 Å². The number of benzene rings is 3. The minimum atomic E-state index is -0.350. The topological polar surface area (TPSA) is 41.5 Å². The zero-order valence-electron chi connectivity index (χ0n) is 14.0. The summed E-state index contributed by atoms with van der Waals surface area (Å²) in [5.41, 5.74) is 5.57. The molecule has 3 aromatic carbocycles. The first kappa shape index (κ1) is 17.6. The predicted molar refractivity (Wildman–Crippen MR) is 107 cm³/mol. The van der Waals surface area contributed by atoms with Gasteiger partial charge in [-0.1, -0.05) is 90.5 Å². The molecule has 4 heteroatoms. The van der Waals surface area contributed by atoms with E-state index in [4.69, 9.17) is 11.6 Å². The molecule has 0 aliphatic rings. The summed E-state index contributed by atoms with van der Waals surface area (Å²) >= 11 is 6.07. The van der Waals surface area contributed by atoms with E-state index < -0.39 is 0 Å². The normalized spacial score (nSPS) is 11.5. The highest BCUT2D eigenvalue weighted by molar-refractivity contribution is 6.33. The van der Waals surface area contributed by atoms with Crippen molar-refractivity contribution in [3.63, 3.8) is 0 Å². The Morgan fingerprint density at radius 2 is 1.46 bits per heavy atom. The number of amides is 1. The van der Waals surface area contributed by atoms with Crippen LogP contribution in [0.15, 0.2) is 96.1 Å². The lowest BCUT2D eigenvalue weighted by Crippen LogP contribution is -2.20. The number of allylic oxidation sites excluding steroid dienone is 1. The Morgan fingerprint density at radius 3 is 2.15 bits per heavy atom. The third-order valence-corrected chi connectivity index (χ3v) is 4.03. The first-order valence-electron chi connectivity index (χ1n) is 8.15. The number of nitrogens with zero attached hydrogens (tertiary/aromatic N) is 1.